The molecular formula is C29H23NO2. The minimum absolute atomic E-state index is 0.0112. The lowest BCUT2D eigenvalue weighted by molar-refractivity contribution is 0.453. The first kappa shape index (κ1) is 19.0. The van der Waals surface area contributed by atoms with Crippen molar-refractivity contribution in [3.05, 3.63) is 116 Å². The molecule has 0 aromatic heterocycles. The third-order valence-electron chi connectivity index (χ3n) is 6.80. The van der Waals surface area contributed by atoms with E-state index in [4.69, 9.17) is 4.74 Å². The monoisotopic (exact) mass is 417 g/mol. The van der Waals surface area contributed by atoms with E-state index in [2.05, 4.69) is 85.8 Å². The number of rotatable bonds is 2. The van der Waals surface area contributed by atoms with Gasteiger partial charge in [0.15, 0.2) is 0 Å². The maximum Gasteiger partial charge on any atom is 0.132 e. The Morgan fingerprint density at radius 1 is 0.812 bits per heavy atom. The van der Waals surface area contributed by atoms with Gasteiger partial charge in [0.1, 0.15) is 11.5 Å². The highest BCUT2D eigenvalue weighted by atomic mass is 16.5. The van der Waals surface area contributed by atoms with Crippen LogP contribution in [-0.2, 0) is 6.42 Å². The zero-order chi connectivity index (χ0) is 21.8. The Morgan fingerprint density at radius 3 is 2.34 bits per heavy atom. The molecule has 4 aromatic rings. The molecule has 0 saturated heterocycles. The molecule has 0 fully saturated rings. The van der Waals surface area contributed by atoms with Crippen LogP contribution in [0.5, 0.6) is 11.5 Å². The van der Waals surface area contributed by atoms with Crippen LogP contribution in [0.25, 0.3) is 16.8 Å². The number of ether oxygens (including phenoxy) is 1. The van der Waals surface area contributed by atoms with Gasteiger partial charge in [-0.05, 0) is 77.5 Å². The summed E-state index contributed by atoms with van der Waals surface area (Å²) in [5, 5.41) is 5.70. The van der Waals surface area contributed by atoms with Crippen LogP contribution in [0.15, 0.2) is 77.6 Å². The molecule has 1 atom stereocenters. The van der Waals surface area contributed by atoms with E-state index < -0.39 is 0 Å². The maximum atomic E-state index is 11.4. The van der Waals surface area contributed by atoms with Crippen LogP contribution in [0.1, 0.15) is 51.3 Å². The van der Waals surface area contributed by atoms with Crippen molar-refractivity contribution in [1.29, 1.82) is 0 Å². The topological polar surface area (TPSA) is 38.7 Å². The summed E-state index contributed by atoms with van der Waals surface area (Å²) >= 11 is 0. The molecule has 0 radical (unpaired) electrons. The highest BCUT2D eigenvalue weighted by Crippen LogP contribution is 2.52. The number of hydrogen-bond acceptors (Lipinski definition) is 3. The van der Waals surface area contributed by atoms with Gasteiger partial charge < -0.3 is 4.74 Å². The molecule has 0 saturated carbocycles. The van der Waals surface area contributed by atoms with Crippen LogP contribution in [0.4, 0.5) is 0 Å². The summed E-state index contributed by atoms with van der Waals surface area (Å²) in [4.78, 5) is 11.4. The van der Waals surface area contributed by atoms with Gasteiger partial charge in [-0.15, -0.1) is 4.91 Å². The molecule has 6 rings (SSSR count). The Bertz CT molecular complexity index is 1430. The van der Waals surface area contributed by atoms with E-state index in [1.54, 1.807) is 0 Å². The quantitative estimate of drug-likeness (QED) is 0.275. The van der Waals surface area contributed by atoms with Gasteiger partial charge in [-0.2, -0.15) is 0 Å². The second-order valence-electron chi connectivity index (χ2n) is 8.92. The highest BCUT2D eigenvalue weighted by Gasteiger charge is 2.34. The van der Waals surface area contributed by atoms with Gasteiger partial charge in [-0.3, -0.25) is 0 Å². The van der Waals surface area contributed by atoms with E-state index in [-0.39, 0.29) is 5.92 Å². The van der Waals surface area contributed by atoms with E-state index in [0.29, 0.717) is 12.1 Å². The number of nitrogens with zero attached hydrogens (tertiary/aromatic N) is 1. The molecule has 1 heterocycles. The van der Waals surface area contributed by atoms with Crippen molar-refractivity contribution < 1.29 is 4.74 Å². The van der Waals surface area contributed by atoms with Crippen molar-refractivity contribution in [2.24, 2.45) is 5.18 Å². The van der Waals surface area contributed by atoms with Crippen LogP contribution in [0, 0.1) is 18.8 Å². The predicted molar refractivity (Wildman–Crippen MR) is 129 cm³/mol. The zero-order valence-corrected chi connectivity index (χ0v) is 18.2. The van der Waals surface area contributed by atoms with Gasteiger partial charge >= 0.3 is 0 Å². The lowest BCUT2D eigenvalue weighted by Gasteiger charge is -2.33. The fourth-order valence-electron chi connectivity index (χ4n) is 5.19. The fourth-order valence-corrected chi connectivity index (χ4v) is 5.19. The standard InChI is InChI=1S/C29H23NO2/c1-17-3-7-21(8-4-17)27-28-23-15-18(2)5-6-19(23)10-13-25(28)32-26-14-11-20-9-12-22(30-31)16-24(20)29(26)27/h3-8,10-11,13-16,27H,9,12H2,1-2H3. The van der Waals surface area contributed by atoms with Crippen LogP contribution in [-0.4, -0.2) is 0 Å². The average molecular weight is 418 g/mol. The lowest BCUT2D eigenvalue weighted by atomic mass is 9.76. The predicted octanol–water partition coefficient (Wildman–Crippen LogP) is 7.80. The summed E-state index contributed by atoms with van der Waals surface area (Å²) in [6.07, 6.45) is 3.48. The highest BCUT2D eigenvalue weighted by molar-refractivity contribution is 5.91. The summed E-state index contributed by atoms with van der Waals surface area (Å²) in [5.74, 6) is 1.77. The number of hydrogen-bond donors (Lipinski definition) is 0. The lowest BCUT2D eigenvalue weighted by Crippen LogP contribution is -2.16. The van der Waals surface area contributed by atoms with Crippen LogP contribution >= 0.6 is 0 Å². The molecule has 0 spiro atoms. The van der Waals surface area contributed by atoms with Gasteiger partial charge in [0.2, 0.25) is 0 Å². The first-order valence-corrected chi connectivity index (χ1v) is 11.1. The fraction of sp³-hybridized carbons (Fsp3) is 0.172. The second kappa shape index (κ2) is 7.16. The smallest absolute Gasteiger partial charge is 0.132 e. The van der Waals surface area contributed by atoms with Crippen LogP contribution in [0.2, 0.25) is 0 Å². The van der Waals surface area contributed by atoms with Crippen LogP contribution in [0.3, 0.4) is 0 Å². The Balaban J connectivity index is 1.71. The summed E-state index contributed by atoms with van der Waals surface area (Å²) in [6, 6.07) is 23.8. The Hall–Kier alpha value is -3.72. The van der Waals surface area contributed by atoms with Crippen molar-refractivity contribution in [3.63, 3.8) is 0 Å². The molecular weight excluding hydrogens is 394 g/mol. The first-order valence-electron chi connectivity index (χ1n) is 11.1. The third-order valence-corrected chi connectivity index (χ3v) is 6.80. The SMILES string of the molecule is Cc1ccc(C2c3c(ccc4c3C=C(N=O)CC4)Oc3ccc4ccc(C)cc4c32)cc1. The maximum absolute atomic E-state index is 11.4. The van der Waals surface area contributed by atoms with Gasteiger partial charge in [0.05, 0.1) is 5.70 Å². The van der Waals surface area contributed by atoms with Crippen molar-refractivity contribution >= 4 is 16.8 Å². The molecule has 3 heteroatoms. The van der Waals surface area contributed by atoms with E-state index in [9.17, 15) is 4.91 Å². The molecule has 1 aliphatic heterocycles. The molecule has 4 aromatic carbocycles. The minimum Gasteiger partial charge on any atom is -0.457 e. The molecule has 156 valence electrons. The van der Waals surface area contributed by atoms with Crippen LogP contribution < -0.4 is 4.74 Å². The number of nitroso groups, excluding NO2 is 1. The Morgan fingerprint density at radius 2 is 1.53 bits per heavy atom. The van der Waals surface area contributed by atoms with Gasteiger partial charge in [0, 0.05) is 17.0 Å². The van der Waals surface area contributed by atoms with Gasteiger partial charge in [0.25, 0.3) is 0 Å². The largest absolute Gasteiger partial charge is 0.457 e. The van der Waals surface area contributed by atoms with Crippen molar-refractivity contribution in [3.8, 4) is 11.5 Å². The molecule has 0 bridgehead atoms. The first-order chi connectivity index (χ1) is 15.6. The Kier molecular flexibility index (Phi) is 4.25. The van der Waals surface area contributed by atoms with Crippen molar-refractivity contribution in [2.75, 3.05) is 0 Å². The zero-order valence-electron chi connectivity index (χ0n) is 18.2. The molecule has 0 amide bonds. The third kappa shape index (κ3) is 2.89. The molecule has 2 aliphatic rings. The molecule has 1 aliphatic carbocycles. The normalized spacial score (nSPS) is 16.4. The average Bonchev–Trinajstić information content (AvgIpc) is 2.82. The number of allylic oxidation sites excluding steroid dienone is 1. The number of fused-ring (bicyclic) bond motifs is 6. The molecule has 0 N–H and O–H groups in total. The molecule has 3 nitrogen and oxygen atoms in total. The van der Waals surface area contributed by atoms with Crippen molar-refractivity contribution in [2.45, 2.75) is 32.6 Å². The summed E-state index contributed by atoms with van der Waals surface area (Å²) < 4.78 is 6.50. The molecule has 32 heavy (non-hydrogen) atoms. The second-order valence-corrected chi connectivity index (χ2v) is 8.92. The molecule has 1 unspecified atom stereocenters. The number of benzene rings is 4. The van der Waals surface area contributed by atoms with E-state index >= 15 is 0 Å². The number of aryl methyl sites for hydroxylation is 3. The minimum atomic E-state index is 0.0112. The summed E-state index contributed by atoms with van der Waals surface area (Å²) in [7, 11) is 0. The van der Waals surface area contributed by atoms with E-state index in [1.165, 1.54) is 38.6 Å². The van der Waals surface area contributed by atoms with E-state index in [0.717, 1.165) is 29.0 Å². The summed E-state index contributed by atoms with van der Waals surface area (Å²) in [5.41, 5.74) is 8.95. The van der Waals surface area contributed by atoms with E-state index in [1.807, 2.05) is 6.08 Å². The Labute approximate surface area is 187 Å². The van der Waals surface area contributed by atoms with Crippen molar-refractivity contribution in [1.82, 2.24) is 0 Å². The van der Waals surface area contributed by atoms with Gasteiger partial charge in [-0.25, -0.2) is 0 Å². The van der Waals surface area contributed by atoms with Gasteiger partial charge in [-0.1, -0.05) is 65.7 Å². The summed E-state index contributed by atoms with van der Waals surface area (Å²) in [6.45, 7) is 4.24.